The summed E-state index contributed by atoms with van der Waals surface area (Å²) in [5.74, 6) is 0.878. The third-order valence-corrected chi connectivity index (χ3v) is 4.41. The molecule has 2 heterocycles. The third-order valence-electron chi connectivity index (χ3n) is 3.27. The number of aryl methyl sites for hydroxylation is 1. The molecular weight excluding hydrogens is 342 g/mol. The molecule has 0 atom stereocenters. The van der Waals surface area contributed by atoms with Gasteiger partial charge in [0.2, 0.25) is 0 Å². The second-order valence-corrected chi connectivity index (χ2v) is 5.43. The van der Waals surface area contributed by atoms with Gasteiger partial charge in [-0.1, -0.05) is 0 Å². The number of halogens is 1. The van der Waals surface area contributed by atoms with Crippen molar-refractivity contribution < 1.29 is 14.4 Å². The van der Waals surface area contributed by atoms with Gasteiger partial charge in [0, 0.05) is 6.07 Å². The Morgan fingerprint density at radius 2 is 1.90 bits per heavy atom. The Labute approximate surface area is 128 Å². The number of ether oxygens (including phenoxy) is 2. The van der Waals surface area contributed by atoms with Gasteiger partial charge >= 0.3 is 0 Å². The van der Waals surface area contributed by atoms with Crippen molar-refractivity contribution in [1.82, 2.24) is 9.78 Å². The molecule has 0 amide bonds. The Kier molecular flexibility index (Phi) is 3.32. The van der Waals surface area contributed by atoms with E-state index in [1.807, 2.05) is 13.8 Å². The fourth-order valence-electron chi connectivity index (χ4n) is 2.24. The van der Waals surface area contributed by atoms with Crippen LogP contribution in [-0.2, 0) is 0 Å². The molecule has 0 radical (unpaired) electrons. The molecule has 0 N–H and O–H groups in total. The Bertz CT molecular complexity index is 742. The van der Waals surface area contributed by atoms with E-state index in [9.17, 15) is 10.1 Å². The van der Waals surface area contributed by atoms with Crippen LogP contribution in [0.25, 0.3) is 5.69 Å². The van der Waals surface area contributed by atoms with Crippen LogP contribution in [0.5, 0.6) is 11.5 Å². The van der Waals surface area contributed by atoms with E-state index in [1.54, 1.807) is 6.07 Å². The first-order valence-corrected chi connectivity index (χ1v) is 7.08. The monoisotopic (exact) mass is 353 g/mol. The van der Waals surface area contributed by atoms with Gasteiger partial charge in [-0.3, -0.25) is 10.1 Å². The lowest BCUT2D eigenvalue weighted by molar-refractivity contribution is -0.384. The summed E-state index contributed by atoms with van der Waals surface area (Å²) >= 11 is 3.42. The Morgan fingerprint density at radius 3 is 2.43 bits per heavy atom. The first-order chi connectivity index (χ1) is 9.99. The fraction of sp³-hybridized carbons (Fsp3) is 0.308. The van der Waals surface area contributed by atoms with Crippen molar-refractivity contribution in [1.29, 1.82) is 0 Å². The first-order valence-electron chi connectivity index (χ1n) is 6.29. The highest BCUT2D eigenvalue weighted by atomic mass is 79.9. The second-order valence-electron chi connectivity index (χ2n) is 4.64. The maximum Gasteiger partial charge on any atom is 0.298 e. The van der Waals surface area contributed by atoms with E-state index >= 15 is 0 Å². The zero-order valence-corrected chi connectivity index (χ0v) is 13.0. The number of rotatable bonds is 2. The standard InChI is InChI=1S/C13H12BrN3O4/c1-7-13(14)8(2)16(15-7)9-5-11-12(21-4-3-20-11)6-10(9)17(18)19/h5-6H,3-4H2,1-2H3. The molecule has 8 heteroatoms. The van der Waals surface area contributed by atoms with Gasteiger partial charge < -0.3 is 9.47 Å². The molecule has 1 aliphatic heterocycles. The van der Waals surface area contributed by atoms with Crippen LogP contribution in [0.1, 0.15) is 11.4 Å². The van der Waals surface area contributed by atoms with Gasteiger partial charge in [0.25, 0.3) is 5.69 Å². The number of hydrogen-bond donors (Lipinski definition) is 0. The summed E-state index contributed by atoms with van der Waals surface area (Å²) in [6.45, 7) is 4.47. The molecule has 1 aliphatic rings. The largest absolute Gasteiger partial charge is 0.486 e. The SMILES string of the molecule is Cc1nn(-c2cc3c(cc2[N+](=O)[O-])OCCO3)c(C)c1Br. The number of nitro benzene ring substituents is 1. The van der Waals surface area contributed by atoms with Gasteiger partial charge in [0.1, 0.15) is 18.9 Å². The molecule has 0 bridgehead atoms. The zero-order chi connectivity index (χ0) is 15.1. The number of nitrogens with zero attached hydrogens (tertiary/aromatic N) is 3. The summed E-state index contributed by atoms with van der Waals surface area (Å²) < 4.78 is 13.3. The molecule has 21 heavy (non-hydrogen) atoms. The molecule has 2 aromatic rings. The van der Waals surface area contributed by atoms with Crippen molar-refractivity contribution in [3.8, 4) is 17.2 Å². The lowest BCUT2D eigenvalue weighted by Crippen LogP contribution is -2.16. The number of benzene rings is 1. The van der Waals surface area contributed by atoms with E-state index in [4.69, 9.17) is 9.47 Å². The molecule has 1 aromatic carbocycles. The van der Waals surface area contributed by atoms with Crippen LogP contribution < -0.4 is 9.47 Å². The minimum atomic E-state index is -0.446. The Hall–Kier alpha value is -2.09. The summed E-state index contributed by atoms with van der Waals surface area (Å²) in [6, 6.07) is 2.98. The Balaban J connectivity index is 2.25. The van der Waals surface area contributed by atoms with E-state index in [0.717, 1.165) is 15.9 Å². The first kappa shape index (κ1) is 13.9. The van der Waals surface area contributed by atoms with Crippen LogP contribution in [0.2, 0.25) is 0 Å². The summed E-state index contributed by atoms with van der Waals surface area (Å²) in [7, 11) is 0. The minimum absolute atomic E-state index is 0.0719. The van der Waals surface area contributed by atoms with Crippen LogP contribution >= 0.6 is 15.9 Å². The van der Waals surface area contributed by atoms with Gasteiger partial charge in [-0.15, -0.1) is 0 Å². The minimum Gasteiger partial charge on any atom is -0.486 e. The van der Waals surface area contributed by atoms with Gasteiger partial charge in [-0.25, -0.2) is 4.68 Å². The molecular formula is C13H12BrN3O4. The lowest BCUT2D eigenvalue weighted by atomic mass is 10.2. The van der Waals surface area contributed by atoms with E-state index in [0.29, 0.717) is 30.4 Å². The van der Waals surface area contributed by atoms with Gasteiger partial charge in [-0.05, 0) is 29.8 Å². The molecule has 0 spiro atoms. The average Bonchev–Trinajstić information content (AvgIpc) is 2.73. The average molecular weight is 354 g/mol. The lowest BCUT2D eigenvalue weighted by Gasteiger charge is -2.19. The van der Waals surface area contributed by atoms with Crippen molar-refractivity contribution >= 4 is 21.6 Å². The highest BCUT2D eigenvalue weighted by molar-refractivity contribution is 9.10. The van der Waals surface area contributed by atoms with Crippen LogP contribution in [0.3, 0.4) is 0 Å². The van der Waals surface area contributed by atoms with E-state index in [1.165, 1.54) is 10.7 Å². The smallest absolute Gasteiger partial charge is 0.298 e. The van der Waals surface area contributed by atoms with E-state index < -0.39 is 4.92 Å². The summed E-state index contributed by atoms with van der Waals surface area (Å²) in [6.07, 6.45) is 0. The topological polar surface area (TPSA) is 79.4 Å². The molecule has 0 saturated carbocycles. The number of hydrogen-bond acceptors (Lipinski definition) is 5. The molecule has 110 valence electrons. The van der Waals surface area contributed by atoms with E-state index in [-0.39, 0.29) is 5.69 Å². The molecule has 0 saturated heterocycles. The van der Waals surface area contributed by atoms with Crippen molar-refractivity contribution in [2.75, 3.05) is 13.2 Å². The summed E-state index contributed by atoms with van der Waals surface area (Å²) in [4.78, 5) is 10.9. The highest BCUT2D eigenvalue weighted by Crippen LogP contribution is 2.39. The third kappa shape index (κ3) is 2.25. The van der Waals surface area contributed by atoms with Gasteiger partial charge in [-0.2, -0.15) is 5.10 Å². The quantitative estimate of drug-likeness (QED) is 0.612. The molecule has 0 aliphatic carbocycles. The highest BCUT2D eigenvalue weighted by Gasteiger charge is 2.25. The second kappa shape index (κ2) is 5.03. The molecule has 0 fully saturated rings. The number of nitro groups is 1. The van der Waals surface area contributed by atoms with Crippen molar-refractivity contribution in [3.63, 3.8) is 0 Å². The maximum absolute atomic E-state index is 11.3. The van der Waals surface area contributed by atoms with Crippen molar-refractivity contribution in [2.45, 2.75) is 13.8 Å². The van der Waals surface area contributed by atoms with Crippen LogP contribution in [0.4, 0.5) is 5.69 Å². The van der Waals surface area contributed by atoms with Crippen LogP contribution in [0.15, 0.2) is 16.6 Å². The summed E-state index contributed by atoms with van der Waals surface area (Å²) in [5, 5.41) is 15.7. The zero-order valence-electron chi connectivity index (χ0n) is 11.4. The van der Waals surface area contributed by atoms with E-state index in [2.05, 4.69) is 21.0 Å². The van der Waals surface area contributed by atoms with Crippen molar-refractivity contribution in [2.24, 2.45) is 0 Å². The maximum atomic E-state index is 11.3. The fourth-order valence-corrected chi connectivity index (χ4v) is 2.49. The van der Waals surface area contributed by atoms with Crippen molar-refractivity contribution in [3.05, 3.63) is 38.1 Å². The number of aromatic nitrogens is 2. The van der Waals surface area contributed by atoms with Crippen LogP contribution in [-0.4, -0.2) is 27.9 Å². The molecule has 0 unspecified atom stereocenters. The van der Waals surface area contributed by atoms with Gasteiger partial charge in [0.15, 0.2) is 11.5 Å². The van der Waals surface area contributed by atoms with Gasteiger partial charge in [0.05, 0.1) is 26.9 Å². The predicted octanol–water partition coefficient (Wildman–Crippen LogP) is 2.93. The predicted molar refractivity (Wildman–Crippen MR) is 78.4 cm³/mol. The Morgan fingerprint density at radius 1 is 1.29 bits per heavy atom. The number of fused-ring (bicyclic) bond motifs is 1. The molecule has 7 nitrogen and oxygen atoms in total. The molecule has 3 rings (SSSR count). The summed E-state index contributed by atoms with van der Waals surface area (Å²) in [5.41, 5.74) is 1.83. The normalized spacial score (nSPS) is 13.3. The van der Waals surface area contributed by atoms with Crippen LogP contribution in [0, 0.1) is 24.0 Å². The molecule has 1 aromatic heterocycles.